The highest BCUT2D eigenvalue weighted by Crippen LogP contribution is 2.27. The first-order valence-electron chi connectivity index (χ1n) is 8.48. The molecule has 0 spiro atoms. The van der Waals surface area contributed by atoms with E-state index in [0.29, 0.717) is 23.5 Å². The predicted molar refractivity (Wildman–Crippen MR) is 100 cm³/mol. The average Bonchev–Trinajstić information content (AvgIpc) is 3.03. The van der Waals surface area contributed by atoms with Crippen molar-refractivity contribution in [3.05, 3.63) is 53.6 Å². The summed E-state index contributed by atoms with van der Waals surface area (Å²) in [5, 5.41) is 11.8. The molecule has 0 radical (unpaired) electrons. The van der Waals surface area contributed by atoms with Gasteiger partial charge >= 0.3 is 5.97 Å². The highest BCUT2D eigenvalue weighted by Gasteiger charge is 2.35. The van der Waals surface area contributed by atoms with Gasteiger partial charge in [-0.15, -0.1) is 0 Å². The first-order valence-corrected chi connectivity index (χ1v) is 8.48. The van der Waals surface area contributed by atoms with Crippen LogP contribution in [-0.4, -0.2) is 36.5 Å². The van der Waals surface area contributed by atoms with Crippen LogP contribution in [0.25, 0.3) is 0 Å². The summed E-state index contributed by atoms with van der Waals surface area (Å²) in [6.07, 6.45) is 0.129. The molecular formula is C20H20N2O5. The maximum Gasteiger partial charge on any atom is 0.335 e. The fourth-order valence-corrected chi connectivity index (χ4v) is 3.12. The summed E-state index contributed by atoms with van der Waals surface area (Å²) in [6, 6.07) is 11.7. The monoisotopic (exact) mass is 368 g/mol. The third kappa shape index (κ3) is 3.92. The van der Waals surface area contributed by atoms with Gasteiger partial charge in [-0.2, -0.15) is 0 Å². The molecule has 1 unspecified atom stereocenters. The molecule has 0 bridgehead atoms. The van der Waals surface area contributed by atoms with Crippen LogP contribution in [0.2, 0.25) is 0 Å². The van der Waals surface area contributed by atoms with Gasteiger partial charge in [-0.25, -0.2) is 4.79 Å². The number of benzene rings is 2. The van der Waals surface area contributed by atoms with Crippen molar-refractivity contribution in [3.63, 3.8) is 0 Å². The maximum atomic E-state index is 12.5. The van der Waals surface area contributed by atoms with E-state index in [1.165, 1.54) is 6.07 Å². The van der Waals surface area contributed by atoms with E-state index in [9.17, 15) is 14.4 Å². The minimum atomic E-state index is -1.01. The van der Waals surface area contributed by atoms with Crippen LogP contribution >= 0.6 is 0 Å². The summed E-state index contributed by atoms with van der Waals surface area (Å²) in [5.41, 5.74) is 1.98. The number of amides is 2. The summed E-state index contributed by atoms with van der Waals surface area (Å²) in [7, 11) is 1.57. The Morgan fingerprint density at radius 3 is 2.48 bits per heavy atom. The first-order chi connectivity index (χ1) is 12.9. The number of carbonyl (C=O) groups is 3. The molecular weight excluding hydrogens is 348 g/mol. The van der Waals surface area contributed by atoms with Crippen molar-refractivity contribution in [2.45, 2.75) is 13.3 Å². The molecule has 0 aromatic heterocycles. The topological polar surface area (TPSA) is 95.9 Å². The lowest BCUT2D eigenvalue weighted by atomic mass is 10.1. The Hall–Kier alpha value is -3.35. The number of nitrogens with zero attached hydrogens (tertiary/aromatic N) is 1. The number of aryl methyl sites for hydroxylation is 1. The Kier molecular flexibility index (Phi) is 5.12. The van der Waals surface area contributed by atoms with Gasteiger partial charge < -0.3 is 20.1 Å². The molecule has 7 nitrogen and oxygen atoms in total. The Morgan fingerprint density at radius 2 is 1.89 bits per heavy atom. The van der Waals surface area contributed by atoms with Crippen LogP contribution in [0.1, 0.15) is 22.3 Å². The third-order valence-corrected chi connectivity index (χ3v) is 4.60. The minimum Gasteiger partial charge on any atom is -0.497 e. The normalized spacial score (nSPS) is 16.3. The van der Waals surface area contributed by atoms with Gasteiger partial charge in [0.1, 0.15) is 5.75 Å². The fraction of sp³-hybridized carbons (Fsp3) is 0.250. The van der Waals surface area contributed by atoms with Gasteiger partial charge in [-0.3, -0.25) is 9.59 Å². The maximum absolute atomic E-state index is 12.5. The number of hydrogen-bond donors (Lipinski definition) is 2. The number of nitrogens with one attached hydrogen (secondary N) is 1. The number of hydrogen-bond acceptors (Lipinski definition) is 4. The Bertz CT molecular complexity index is 892. The van der Waals surface area contributed by atoms with E-state index >= 15 is 0 Å². The van der Waals surface area contributed by atoms with Crippen molar-refractivity contribution in [1.29, 1.82) is 0 Å². The van der Waals surface area contributed by atoms with Gasteiger partial charge in [0.2, 0.25) is 11.8 Å². The van der Waals surface area contributed by atoms with E-state index in [4.69, 9.17) is 9.84 Å². The molecule has 140 valence electrons. The highest BCUT2D eigenvalue weighted by molar-refractivity contribution is 6.03. The number of aromatic carboxylic acids is 1. The van der Waals surface area contributed by atoms with Crippen molar-refractivity contribution in [3.8, 4) is 5.75 Å². The second-order valence-corrected chi connectivity index (χ2v) is 6.43. The van der Waals surface area contributed by atoms with Crippen molar-refractivity contribution in [2.75, 3.05) is 23.9 Å². The Balaban J connectivity index is 1.68. The van der Waals surface area contributed by atoms with Gasteiger partial charge in [0, 0.05) is 24.3 Å². The molecule has 2 N–H and O–H groups in total. The predicted octanol–water partition coefficient (Wildman–Crippen LogP) is 2.69. The van der Waals surface area contributed by atoms with Gasteiger partial charge in [-0.05, 0) is 55.0 Å². The van der Waals surface area contributed by atoms with Crippen molar-refractivity contribution in [1.82, 2.24) is 0 Å². The van der Waals surface area contributed by atoms with E-state index in [-0.39, 0.29) is 23.8 Å². The van der Waals surface area contributed by atoms with Gasteiger partial charge in [0.05, 0.1) is 18.6 Å². The number of carboxylic acid groups (broad SMARTS) is 1. The van der Waals surface area contributed by atoms with Crippen LogP contribution in [0.5, 0.6) is 5.75 Å². The van der Waals surface area contributed by atoms with E-state index in [1.54, 1.807) is 55.3 Å². The lowest BCUT2D eigenvalue weighted by molar-refractivity contribution is -0.122. The third-order valence-electron chi connectivity index (χ3n) is 4.60. The summed E-state index contributed by atoms with van der Waals surface area (Å²) >= 11 is 0. The van der Waals surface area contributed by atoms with E-state index in [2.05, 4.69) is 5.32 Å². The molecule has 1 saturated heterocycles. The van der Waals surface area contributed by atoms with Gasteiger partial charge in [-0.1, -0.05) is 0 Å². The minimum absolute atomic E-state index is 0.113. The van der Waals surface area contributed by atoms with Crippen LogP contribution in [0.15, 0.2) is 42.5 Å². The van der Waals surface area contributed by atoms with Crippen molar-refractivity contribution < 1.29 is 24.2 Å². The largest absolute Gasteiger partial charge is 0.497 e. The molecule has 1 aliphatic heterocycles. The molecule has 2 amide bonds. The average molecular weight is 368 g/mol. The fourth-order valence-electron chi connectivity index (χ4n) is 3.12. The molecule has 0 aliphatic carbocycles. The van der Waals surface area contributed by atoms with Gasteiger partial charge in [0.15, 0.2) is 0 Å². The lowest BCUT2D eigenvalue weighted by Crippen LogP contribution is -2.28. The van der Waals surface area contributed by atoms with Crippen LogP contribution in [-0.2, 0) is 9.59 Å². The molecule has 1 atom stereocenters. The van der Waals surface area contributed by atoms with E-state index < -0.39 is 11.9 Å². The molecule has 3 rings (SSSR count). The van der Waals surface area contributed by atoms with Crippen LogP contribution in [0.4, 0.5) is 11.4 Å². The van der Waals surface area contributed by atoms with E-state index in [0.717, 1.165) is 5.69 Å². The van der Waals surface area contributed by atoms with Crippen molar-refractivity contribution >= 4 is 29.2 Å². The van der Waals surface area contributed by atoms with Crippen LogP contribution < -0.4 is 15.0 Å². The van der Waals surface area contributed by atoms with Crippen LogP contribution in [0.3, 0.4) is 0 Å². The zero-order chi connectivity index (χ0) is 19.6. The number of rotatable bonds is 5. The number of methoxy groups -OCH3 is 1. The molecule has 1 aliphatic rings. The Labute approximate surface area is 156 Å². The first kappa shape index (κ1) is 18.4. The molecule has 0 saturated carbocycles. The zero-order valence-electron chi connectivity index (χ0n) is 15.1. The standard InChI is InChI=1S/C20H20N2O5/c1-12-9-14(3-8-17(12)20(25)26)21-19(24)13-10-18(23)22(11-13)15-4-6-16(27-2)7-5-15/h3-9,13H,10-11H2,1-2H3,(H,21,24)(H,25,26). The molecule has 1 fully saturated rings. The number of carbonyl (C=O) groups excluding carboxylic acids is 2. The second kappa shape index (κ2) is 7.49. The zero-order valence-corrected chi connectivity index (χ0v) is 15.1. The number of anilines is 2. The molecule has 2 aromatic carbocycles. The quantitative estimate of drug-likeness (QED) is 0.846. The van der Waals surface area contributed by atoms with E-state index in [1.807, 2.05) is 0 Å². The van der Waals surface area contributed by atoms with Crippen LogP contribution in [0, 0.1) is 12.8 Å². The molecule has 1 heterocycles. The van der Waals surface area contributed by atoms with Gasteiger partial charge in [0.25, 0.3) is 0 Å². The smallest absolute Gasteiger partial charge is 0.335 e. The molecule has 2 aromatic rings. The summed E-state index contributed by atoms with van der Waals surface area (Å²) in [5.74, 6) is -1.17. The molecule has 7 heteroatoms. The second-order valence-electron chi connectivity index (χ2n) is 6.43. The number of carboxylic acids is 1. The highest BCUT2D eigenvalue weighted by atomic mass is 16.5. The molecule has 27 heavy (non-hydrogen) atoms. The Morgan fingerprint density at radius 1 is 1.19 bits per heavy atom. The number of ether oxygens (including phenoxy) is 1. The lowest BCUT2D eigenvalue weighted by Gasteiger charge is -2.17. The SMILES string of the molecule is COc1ccc(N2CC(C(=O)Nc3ccc(C(=O)O)c(C)c3)CC2=O)cc1. The summed E-state index contributed by atoms with van der Waals surface area (Å²) in [6.45, 7) is 1.97. The van der Waals surface area contributed by atoms with Crippen molar-refractivity contribution in [2.24, 2.45) is 5.92 Å². The summed E-state index contributed by atoms with van der Waals surface area (Å²) in [4.78, 5) is 37.5. The summed E-state index contributed by atoms with van der Waals surface area (Å²) < 4.78 is 5.11.